The number of likely N-dealkylation sites (tertiary alicyclic amines) is 1. The topological polar surface area (TPSA) is 33.1 Å². The van der Waals surface area contributed by atoms with Crippen molar-refractivity contribution in [1.82, 2.24) is 19.8 Å². The van der Waals surface area contributed by atoms with Crippen molar-refractivity contribution < 1.29 is 0 Å². The zero-order valence-electron chi connectivity index (χ0n) is 12.4. The lowest BCUT2D eigenvalue weighted by molar-refractivity contribution is 0.179. The Hall–Kier alpha value is -0.870. The first-order chi connectivity index (χ1) is 9.25. The van der Waals surface area contributed by atoms with Gasteiger partial charge in [0.05, 0.1) is 6.33 Å². The Kier molecular flexibility index (Phi) is 5.86. The van der Waals surface area contributed by atoms with Gasteiger partial charge in [0.1, 0.15) is 0 Å². The van der Waals surface area contributed by atoms with Gasteiger partial charge in [0.25, 0.3) is 0 Å². The first-order valence-corrected chi connectivity index (χ1v) is 7.63. The molecule has 2 unspecified atom stereocenters. The molecule has 19 heavy (non-hydrogen) atoms. The van der Waals surface area contributed by atoms with E-state index in [9.17, 15) is 0 Å². The van der Waals surface area contributed by atoms with E-state index in [1.807, 2.05) is 18.7 Å². The molecule has 1 N–H and O–H groups in total. The van der Waals surface area contributed by atoms with E-state index in [-0.39, 0.29) is 0 Å². The highest BCUT2D eigenvalue weighted by atomic mass is 15.1. The van der Waals surface area contributed by atoms with Gasteiger partial charge < -0.3 is 14.8 Å². The van der Waals surface area contributed by atoms with Crippen molar-refractivity contribution in [3.8, 4) is 0 Å². The molecule has 1 saturated heterocycles. The molecule has 0 aliphatic carbocycles. The lowest BCUT2D eigenvalue weighted by Crippen LogP contribution is -2.43. The maximum atomic E-state index is 4.06. The molecule has 0 bridgehead atoms. The number of hydrogen-bond acceptors (Lipinski definition) is 3. The summed E-state index contributed by atoms with van der Waals surface area (Å²) in [6, 6.07) is 0.649. The number of rotatable bonds is 7. The van der Waals surface area contributed by atoms with Gasteiger partial charge in [-0.1, -0.05) is 0 Å². The average Bonchev–Trinajstić information content (AvgIpc) is 2.91. The third-order valence-corrected chi connectivity index (χ3v) is 4.24. The molecule has 1 aromatic heterocycles. The van der Waals surface area contributed by atoms with Gasteiger partial charge >= 0.3 is 0 Å². The Labute approximate surface area is 117 Å². The summed E-state index contributed by atoms with van der Waals surface area (Å²) in [4.78, 5) is 6.52. The zero-order chi connectivity index (χ0) is 13.5. The van der Waals surface area contributed by atoms with Crippen LogP contribution < -0.4 is 5.32 Å². The van der Waals surface area contributed by atoms with E-state index in [4.69, 9.17) is 0 Å². The Balaban J connectivity index is 1.54. The van der Waals surface area contributed by atoms with Crippen LogP contribution >= 0.6 is 0 Å². The number of imidazole rings is 1. The van der Waals surface area contributed by atoms with E-state index in [0.717, 1.165) is 19.0 Å². The summed E-state index contributed by atoms with van der Waals surface area (Å²) >= 11 is 0. The van der Waals surface area contributed by atoms with Crippen molar-refractivity contribution in [3.05, 3.63) is 18.7 Å². The van der Waals surface area contributed by atoms with Crippen molar-refractivity contribution in [2.45, 2.75) is 45.2 Å². The van der Waals surface area contributed by atoms with E-state index in [1.165, 1.54) is 38.8 Å². The van der Waals surface area contributed by atoms with Gasteiger partial charge in [-0.05, 0) is 58.7 Å². The van der Waals surface area contributed by atoms with Crippen LogP contribution in [0.3, 0.4) is 0 Å². The molecule has 2 heterocycles. The molecule has 4 nitrogen and oxygen atoms in total. The number of hydrogen-bond donors (Lipinski definition) is 1. The maximum absolute atomic E-state index is 4.06. The smallest absolute Gasteiger partial charge is 0.0945 e. The number of nitrogens with one attached hydrogen (secondary N) is 1. The molecule has 1 fully saturated rings. The predicted octanol–water partition coefficient (Wildman–Crippen LogP) is 1.98. The van der Waals surface area contributed by atoms with Gasteiger partial charge in [-0.25, -0.2) is 4.98 Å². The van der Waals surface area contributed by atoms with Gasteiger partial charge in [-0.15, -0.1) is 0 Å². The monoisotopic (exact) mass is 264 g/mol. The standard InChI is InChI=1S/C15H28N4/c1-14(15-6-5-9-18(2)12-15)17-7-3-4-10-19-11-8-16-13-19/h8,11,13-15,17H,3-7,9-10,12H2,1-2H3. The molecular formula is C15H28N4. The number of nitrogens with zero attached hydrogens (tertiary/aromatic N) is 3. The summed E-state index contributed by atoms with van der Waals surface area (Å²) in [5.41, 5.74) is 0. The molecule has 2 rings (SSSR count). The Bertz CT molecular complexity index is 336. The minimum atomic E-state index is 0.649. The quantitative estimate of drug-likeness (QED) is 0.765. The summed E-state index contributed by atoms with van der Waals surface area (Å²) in [6.45, 7) is 7.09. The van der Waals surface area contributed by atoms with E-state index in [0.29, 0.717) is 6.04 Å². The maximum Gasteiger partial charge on any atom is 0.0945 e. The fourth-order valence-electron chi connectivity index (χ4n) is 2.95. The van der Waals surface area contributed by atoms with Crippen LogP contribution in [0, 0.1) is 5.92 Å². The molecule has 0 amide bonds. The number of piperidine rings is 1. The second kappa shape index (κ2) is 7.65. The second-order valence-corrected chi connectivity index (χ2v) is 5.91. The molecule has 4 heteroatoms. The normalized spacial score (nSPS) is 22.5. The Morgan fingerprint density at radius 3 is 3.05 bits per heavy atom. The fraction of sp³-hybridized carbons (Fsp3) is 0.800. The number of unbranched alkanes of at least 4 members (excludes halogenated alkanes) is 1. The number of aromatic nitrogens is 2. The Morgan fingerprint density at radius 1 is 1.42 bits per heavy atom. The van der Waals surface area contributed by atoms with Crippen LogP contribution in [0.2, 0.25) is 0 Å². The molecule has 108 valence electrons. The van der Waals surface area contributed by atoms with Crippen molar-refractivity contribution in [1.29, 1.82) is 0 Å². The summed E-state index contributed by atoms with van der Waals surface area (Å²) in [6.07, 6.45) is 11.0. The molecule has 0 radical (unpaired) electrons. The van der Waals surface area contributed by atoms with E-state index < -0.39 is 0 Å². The summed E-state index contributed by atoms with van der Waals surface area (Å²) < 4.78 is 2.15. The first kappa shape index (κ1) is 14.5. The van der Waals surface area contributed by atoms with Gasteiger partial charge in [0.15, 0.2) is 0 Å². The van der Waals surface area contributed by atoms with Crippen molar-refractivity contribution in [2.75, 3.05) is 26.7 Å². The number of aryl methyl sites for hydroxylation is 1. The summed E-state index contributed by atoms with van der Waals surface area (Å²) in [5.74, 6) is 0.826. The molecule has 1 aliphatic heterocycles. The molecule has 1 aromatic rings. The second-order valence-electron chi connectivity index (χ2n) is 5.91. The highest BCUT2D eigenvalue weighted by molar-refractivity contribution is 4.79. The molecular weight excluding hydrogens is 236 g/mol. The van der Waals surface area contributed by atoms with Gasteiger partial charge in [-0.3, -0.25) is 0 Å². The molecule has 0 saturated carbocycles. The highest BCUT2D eigenvalue weighted by Crippen LogP contribution is 2.18. The minimum Gasteiger partial charge on any atom is -0.337 e. The summed E-state index contributed by atoms with van der Waals surface area (Å²) in [5, 5.41) is 3.70. The lowest BCUT2D eigenvalue weighted by atomic mass is 9.92. The van der Waals surface area contributed by atoms with E-state index in [2.05, 4.69) is 33.7 Å². The lowest BCUT2D eigenvalue weighted by Gasteiger charge is -2.34. The Morgan fingerprint density at radius 2 is 2.32 bits per heavy atom. The minimum absolute atomic E-state index is 0.649. The van der Waals surface area contributed by atoms with Crippen LogP contribution in [-0.2, 0) is 6.54 Å². The highest BCUT2D eigenvalue weighted by Gasteiger charge is 2.21. The largest absolute Gasteiger partial charge is 0.337 e. The van der Waals surface area contributed by atoms with Crippen LogP contribution in [0.1, 0.15) is 32.6 Å². The van der Waals surface area contributed by atoms with Gasteiger partial charge in [0.2, 0.25) is 0 Å². The van der Waals surface area contributed by atoms with Gasteiger partial charge in [0, 0.05) is 31.5 Å². The van der Waals surface area contributed by atoms with Gasteiger partial charge in [-0.2, -0.15) is 0 Å². The van der Waals surface area contributed by atoms with E-state index >= 15 is 0 Å². The van der Waals surface area contributed by atoms with Crippen molar-refractivity contribution >= 4 is 0 Å². The van der Waals surface area contributed by atoms with E-state index in [1.54, 1.807) is 0 Å². The third kappa shape index (κ3) is 4.96. The van der Waals surface area contributed by atoms with Crippen LogP contribution in [0.5, 0.6) is 0 Å². The van der Waals surface area contributed by atoms with Crippen molar-refractivity contribution in [2.24, 2.45) is 5.92 Å². The van der Waals surface area contributed by atoms with Crippen molar-refractivity contribution in [3.63, 3.8) is 0 Å². The fourth-order valence-corrected chi connectivity index (χ4v) is 2.95. The molecule has 0 spiro atoms. The molecule has 2 atom stereocenters. The average molecular weight is 264 g/mol. The third-order valence-electron chi connectivity index (χ3n) is 4.24. The SMILES string of the molecule is CC(NCCCCn1ccnc1)C1CCCN(C)C1. The molecule has 0 aromatic carbocycles. The molecule has 1 aliphatic rings. The van der Waals surface area contributed by atoms with Crippen LogP contribution in [-0.4, -0.2) is 47.2 Å². The van der Waals surface area contributed by atoms with Crippen LogP contribution in [0.15, 0.2) is 18.7 Å². The first-order valence-electron chi connectivity index (χ1n) is 7.63. The van der Waals surface area contributed by atoms with Crippen LogP contribution in [0.4, 0.5) is 0 Å². The predicted molar refractivity (Wildman–Crippen MR) is 79.1 cm³/mol. The zero-order valence-corrected chi connectivity index (χ0v) is 12.4. The summed E-state index contributed by atoms with van der Waals surface area (Å²) in [7, 11) is 2.24. The van der Waals surface area contributed by atoms with Crippen LogP contribution in [0.25, 0.3) is 0 Å².